The molecule has 2 amide bonds. The van der Waals surface area contributed by atoms with Gasteiger partial charge in [-0.25, -0.2) is 8.78 Å². The number of alkyl halides is 3. The molecule has 6 nitrogen and oxygen atoms in total. The van der Waals surface area contributed by atoms with Gasteiger partial charge in [-0.1, -0.05) is 18.5 Å². The summed E-state index contributed by atoms with van der Waals surface area (Å²) in [4.78, 5) is 31.5. The van der Waals surface area contributed by atoms with Crippen molar-refractivity contribution in [2.75, 3.05) is 13.2 Å². The van der Waals surface area contributed by atoms with Crippen molar-refractivity contribution in [3.8, 4) is 0 Å². The first-order valence-electron chi connectivity index (χ1n) is 11.4. The number of amides is 2. The minimum Gasteiger partial charge on any atom is -0.381 e. The van der Waals surface area contributed by atoms with Crippen LogP contribution >= 0.6 is 11.6 Å². The van der Waals surface area contributed by atoms with E-state index >= 15 is 0 Å². The summed E-state index contributed by atoms with van der Waals surface area (Å²) in [6, 6.07) is 0.0890. The van der Waals surface area contributed by atoms with E-state index in [-0.39, 0.29) is 36.7 Å². The summed E-state index contributed by atoms with van der Waals surface area (Å²) in [5.74, 6) is -3.38. The van der Waals surface area contributed by atoms with E-state index in [9.17, 15) is 31.5 Å². The highest BCUT2D eigenvalue weighted by atomic mass is 35.5. The Morgan fingerprint density at radius 2 is 1.89 bits per heavy atom. The maximum atomic E-state index is 14.7. The van der Waals surface area contributed by atoms with Crippen LogP contribution in [-0.2, 0) is 15.7 Å². The molecule has 0 radical (unpaired) electrons. The minimum atomic E-state index is -4.69. The number of rotatable bonds is 6. The van der Waals surface area contributed by atoms with Crippen molar-refractivity contribution in [3.05, 3.63) is 63.9 Å². The van der Waals surface area contributed by atoms with Crippen LogP contribution in [0.2, 0.25) is 5.02 Å². The highest BCUT2D eigenvalue weighted by molar-refractivity contribution is 6.30. The van der Waals surface area contributed by atoms with Crippen LogP contribution in [0.4, 0.5) is 22.0 Å². The molecule has 1 aromatic heterocycles. The van der Waals surface area contributed by atoms with Gasteiger partial charge in [0.25, 0.3) is 5.91 Å². The van der Waals surface area contributed by atoms with E-state index in [0.29, 0.717) is 25.1 Å². The number of pyridine rings is 1. The van der Waals surface area contributed by atoms with Gasteiger partial charge in [-0.2, -0.15) is 13.2 Å². The SMILES string of the molecule is CC[C@@H]1CC[C@H](C(=O)NC(c2cc(F)c(Cl)cc2F)C2COC2)N1C(=O)c1cncc(C(F)(F)F)c1. The van der Waals surface area contributed by atoms with Gasteiger partial charge in [0.05, 0.1) is 35.4 Å². The summed E-state index contributed by atoms with van der Waals surface area (Å²) < 4.78 is 73.5. The molecular formula is C24H23ClF5N3O3. The molecule has 12 heteroatoms. The second kappa shape index (κ2) is 10.3. The number of halogens is 6. The van der Waals surface area contributed by atoms with E-state index in [2.05, 4.69) is 10.3 Å². The fourth-order valence-corrected chi connectivity index (χ4v) is 4.78. The van der Waals surface area contributed by atoms with Crippen molar-refractivity contribution in [3.63, 3.8) is 0 Å². The smallest absolute Gasteiger partial charge is 0.381 e. The van der Waals surface area contributed by atoms with Gasteiger partial charge in [0.15, 0.2) is 0 Å². The molecule has 36 heavy (non-hydrogen) atoms. The molecule has 4 rings (SSSR count). The van der Waals surface area contributed by atoms with Gasteiger partial charge in [0.2, 0.25) is 5.91 Å². The second-order valence-corrected chi connectivity index (χ2v) is 9.31. The summed E-state index contributed by atoms with van der Waals surface area (Å²) in [6.45, 7) is 2.21. The van der Waals surface area contributed by atoms with Gasteiger partial charge in [-0.05, 0) is 37.5 Å². The first-order valence-corrected chi connectivity index (χ1v) is 11.8. The molecule has 194 valence electrons. The Morgan fingerprint density at radius 1 is 1.17 bits per heavy atom. The number of carbonyl (C=O) groups excluding carboxylic acids is 2. The van der Waals surface area contributed by atoms with E-state index in [0.717, 1.165) is 18.3 Å². The second-order valence-electron chi connectivity index (χ2n) is 8.90. The number of carbonyl (C=O) groups is 2. The third kappa shape index (κ3) is 5.17. The lowest BCUT2D eigenvalue weighted by molar-refractivity contribution is -0.138. The predicted molar refractivity (Wildman–Crippen MR) is 119 cm³/mol. The summed E-state index contributed by atoms with van der Waals surface area (Å²) in [5.41, 5.74) is -1.48. The summed E-state index contributed by atoms with van der Waals surface area (Å²) in [6.07, 6.45) is -1.86. The molecule has 1 aromatic carbocycles. The summed E-state index contributed by atoms with van der Waals surface area (Å²) in [7, 11) is 0. The number of nitrogens with one attached hydrogen (secondary N) is 1. The molecule has 1 N–H and O–H groups in total. The Kier molecular flexibility index (Phi) is 7.51. The minimum absolute atomic E-state index is 0.108. The Morgan fingerprint density at radius 3 is 2.50 bits per heavy atom. The van der Waals surface area contributed by atoms with Crippen LogP contribution in [0.5, 0.6) is 0 Å². The molecule has 3 heterocycles. The van der Waals surface area contributed by atoms with Gasteiger partial charge < -0.3 is 15.0 Å². The highest BCUT2D eigenvalue weighted by Gasteiger charge is 2.43. The van der Waals surface area contributed by atoms with Gasteiger partial charge in [-0.15, -0.1) is 0 Å². The van der Waals surface area contributed by atoms with E-state index in [1.165, 1.54) is 4.90 Å². The molecule has 2 saturated heterocycles. The molecule has 0 spiro atoms. The highest BCUT2D eigenvalue weighted by Crippen LogP contribution is 2.35. The van der Waals surface area contributed by atoms with E-state index in [1.807, 2.05) is 0 Å². The van der Waals surface area contributed by atoms with E-state index < -0.39 is 58.3 Å². The average Bonchev–Trinajstić information content (AvgIpc) is 3.23. The van der Waals surface area contributed by atoms with Crippen LogP contribution in [0.3, 0.4) is 0 Å². The van der Waals surface area contributed by atoms with Crippen molar-refractivity contribution < 1.29 is 36.3 Å². The molecule has 2 aromatic rings. The zero-order valence-corrected chi connectivity index (χ0v) is 19.9. The quantitative estimate of drug-likeness (QED) is 0.424. The van der Waals surface area contributed by atoms with Crippen LogP contribution in [-0.4, -0.2) is 47.0 Å². The Balaban J connectivity index is 1.61. The predicted octanol–water partition coefficient (Wildman–Crippen LogP) is 4.92. The van der Waals surface area contributed by atoms with Crippen LogP contribution < -0.4 is 5.32 Å². The molecule has 0 saturated carbocycles. The number of hydrogen-bond donors (Lipinski definition) is 1. The molecule has 2 aliphatic heterocycles. The lowest BCUT2D eigenvalue weighted by Crippen LogP contribution is -2.52. The molecule has 0 bridgehead atoms. The van der Waals surface area contributed by atoms with Crippen molar-refractivity contribution in [1.29, 1.82) is 0 Å². The number of ether oxygens (including phenoxy) is 1. The molecule has 3 atom stereocenters. The van der Waals surface area contributed by atoms with Crippen LogP contribution in [0.25, 0.3) is 0 Å². The Labute approximate surface area is 208 Å². The molecule has 2 aliphatic rings. The largest absolute Gasteiger partial charge is 0.417 e. The van der Waals surface area contributed by atoms with E-state index in [4.69, 9.17) is 16.3 Å². The van der Waals surface area contributed by atoms with Crippen LogP contribution in [0.1, 0.15) is 53.7 Å². The normalized spacial score (nSPS) is 21.2. The van der Waals surface area contributed by atoms with Gasteiger partial charge in [0, 0.05) is 29.9 Å². The maximum absolute atomic E-state index is 14.7. The summed E-state index contributed by atoms with van der Waals surface area (Å²) in [5, 5.41) is 2.32. The standard InChI is InChI=1S/C24H23ClF5N3O3/c1-2-15-3-4-20(33(15)23(35)12-5-14(9-31-8-12)24(28,29)30)22(34)32-21(13-10-36-11-13)16-6-19(27)17(25)7-18(16)26/h5-9,13,15,20-21H,2-4,10-11H2,1H3,(H,32,34)/t15-,20-,21?/m1/s1. The monoisotopic (exact) mass is 531 g/mol. The topological polar surface area (TPSA) is 71.5 Å². The van der Waals surface area contributed by atoms with Gasteiger partial charge in [0.1, 0.15) is 17.7 Å². The number of aromatic nitrogens is 1. The van der Waals surface area contributed by atoms with Crippen molar-refractivity contribution in [2.45, 2.75) is 50.5 Å². The summed E-state index contributed by atoms with van der Waals surface area (Å²) >= 11 is 5.66. The zero-order valence-electron chi connectivity index (χ0n) is 19.1. The molecule has 2 fully saturated rings. The van der Waals surface area contributed by atoms with Crippen molar-refractivity contribution in [1.82, 2.24) is 15.2 Å². The number of hydrogen-bond acceptors (Lipinski definition) is 4. The maximum Gasteiger partial charge on any atom is 0.417 e. The van der Waals surface area contributed by atoms with Crippen LogP contribution in [0.15, 0.2) is 30.6 Å². The van der Waals surface area contributed by atoms with Crippen LogP contribution in [0, 0.1) is 17.6 Å². The average molecular weight is 532 g/mol. The fourth-order valence-electron chi connectivity index (χ4n) is 4.63. The molecule has 1 unspecified atom stereocenters. The zero-order chi connectivity index (χ0) is 26.2. The first kappa shape index (κ1) is 26.3. The molecule has 0 aliphatic carbocycles. The number of likely N-dealkylation sites (tertiary alicyclic amines) is 1. The Hall–Kier alpha value is -2.79. The molecular weight excluding hydrogens is 509 g/mol. The van der Waals surface area contributed by atoms with Gasteiger partial charge >= 0.3 is 6.18 Å². The van der Waals surface area contributed by atoms with Crippen molar-refractivity contribution >= 4 is 23.4 Å². The Bertz CT molecular complexity index is 1160. The lowest BCUT2D eigenvalue weighted by Gasteiger charge is -2.36. The third-order valence-corrected chi connectivity index (χ3v) is 6.92. The van der Waals surface area contributed by atoms with Gasteiger partial charge in [-0.3, -0.25) is 14.6 Å². The van der Waals surface area contributed by atoms with E-state index in [1.54, 1.807) is 6.92 Å². The lowest BCUT2D eigenvalue weighted by atomic mass is 9.90. The van der Waals surface area contributed by atoms with Crippen molar-refractivity contribution in [2.24, 2.45) is 5.92 Å². The number of benzene rings is 1. The first-order chi connectivity index (χ1) is 17.0. The fraction of sp³-hybridized carbons (Fsp3) is 0.458. The number of nitrogens with zero attached hydrogens (tertiary/aromatic N) is 2. The third-order valence-electron chi connectivity index (χ3n) is 6.63.